The zero-order chi connectivity index (χ0) is 12.5. The summed E-state index contributed by atoms with van der Waals surface area (Å²) in [7, 11) is 0. The molecule has 0 fully saturated rings. The number of alkyl halides is 2. The minimum atomic E-state index is 0.886. The third-order valence-electron chi connectivity index (χ3n) is 3.42. The summed E-state index contributed by atoms with van der Waals surface area (Å²) in [6.07, 6.45) is 0. The second kappa shape index (κ2) is 5.02. The van der Waals surface area contributed by atoms with Crippen LogP contribution in [0.25, 0.3) is 21.5 Å². The van der Waals surface area contributed by atoms with Crippen LogP contribution >= 0.6 is 31.9 Å². The summed E-state index contributed by atoms with van der Waals surface area (Å²) in [4.78, 5) is 0. The van der Waals surface area contributed by atoms with Crippen molar-refractivity contribution in [1.82, 2.24) is 0 Å². The van der Waals surface area contributed by atoms with Gasteiger partial charge >= 0.3 is 0 Å². The molecule has 0 atom stereocenters. The molecule has 2 heteroatoms. The highest BCUT2D eigenvalue weighted by Crippen LogP contribution is 2.35. The minimum Gasteiger partial charge on any atom is -0.0876 e. The van der Waals surface area contributed by atoms with Gasteiger partial charge in [0, 0.05) is 10.7 Å². The van der Waals surface area contributed by atoms with Crippen molar-refractivity contribution < 1.29 is 0 Å². The van der Waals surface area contributed by atoms with Gasteiger partial charge in [-0.2, -0.15) is 0 Å². The average Bonchev–Trinajstić information content (AvgIpc) is 2.44. The van der Waals surface area contributed by atoms with Crippen LogP contribution in [0.1, 0.15) is 11.1 Å². The highest BCUT2D eigenvalue weighted by Gasteiger charge is 2.11. The lowest BCUT2D eigenvalue weighted by molar-refractivity contribution is 1.48. The van der Waals surface area contributed by atoms with Crippen molar-refractivity contribution in [2.24, 2.45) is 0 Å². The van der Waals surface area contributed by atoms with Crippen molar-refractivity contribution in [3.05, 3.63) is 59.7 Å². The maximum absolute atomic E-state index is 3.63. The van der Waals surface area contributed by atoms with E-state index in [9.17, 15) is 0 Å². The van der Waals surface area contributed by atoms with Crippen LogP contribution in [0.15, 0.2) is 48.5 Å². The molecule has 0 aromatic heterocycles. The highest BCUT2D eigenvalue weighted by molar-refractivity contribution is 9.08. The van der Waals surface area contributed by atoms with E-state index in [1.807, 2.05) is 0 Å². The van der Waals surface area contributed by atoms with E-state index in [4.69, 9.17) is 0 Å². The van der Waals surface area contributed by atoms with Gasteiger partial charge in [-0.05, 0) is 32.7 Å². The van der Waals surface area contributed by atoms with E-state index in [1.54, 1.807) is 0 Å². The largest absolute Gasteiger partial charge is 0.0876 e. The van der Waals surface area contributed by atoms with Crippen molar-refractivity contribution in [2.75, 3.05) is 0 Å². The van der Waals surface area contributed by atoms with Crippen molar-refractivity contribution in [2.45, 2.75) is 10.7 Å². The van der Waals surface area contributed by atoms with Gasteiger partial charge in [0.1, 0.15) is 0 Å². The molecule has 0 aliphatic rings. The Balaban J connectivity index is 2.61. The first-order chi connectivity index (χ1) is 8.86. The fourth-order valence-corrected chi connectivity index (χ4v) is 3.81. The van der Waals surface area contributed by atoms with E-state index in [-0.39, 0.29) is 0 Å². The second-order valence-corrected chi connectivity index (χ2v) is 5.44. The number of fused-ring (bicyclic) bond motifs is 2. The van der Waals surface area contributed by atoms with Crippen LogP contribution in [0.4, 0.5) is 0 Å². The van der Waals surface area contributed by atoms with Crippen LogP contribution in [0.3, 0.4) is 0 Å². The summed E-state index contributed by atoms with van der Waals surface area (Å²) in [6, 6.07) is 17.3. The van der Waals surface area contributed by atoms with E-state index < -0.39 is 0 Å². The Labute approximate surface area is 123 Å². The van der Waals surface area contributed by atoms with Crippen molar-refractivity contribution in [1.29, 1.82) is 0 Å². The molecule has 0 spiro atoms. The molecule has 0 bridgehead atoms. The predicted molar refractivity (Wildman–Crippen MR) is 86.7 cm³/mol. The number of hydrogen-bond acceptors (Lipinski definition) is 0. The van der Waals surface area contributed by atoms with Gasteiger partial charge in [0.2, 0.25) is 0 Å². The van der Waals surface area contributed by atoms with Gasteiger partial charge in [-0.1, -0.05) is 80.4 Å². The van der Waals surface area contributed by atoms with Gasteiger partial charge in [-0.3, -0.25) is 0 Å². The van der Waals surface area contributed by atoms with Crippen LogP contribution in [0.2, 0.25) is 0 Å². The van der Waals surface area contributed by atoms with E-state index in [1.165, 1.54) is 32.7 Å². The van der Waals surface area contributed by atoms with Crippen molar-refractivity contribution in [3.63, 3.8) is 0 Å². The molecular formula is C16H12Br2. The Hall–Kier alpha value is -0.860. The molecule has 0 radical (unpaired) electrons. The fraction of sp³-hybridized carbons (Fsp3) is 0.125. The minimum absolute atomic E-state index is 0.886. The SMILES string of the molecule is BrCc1c2ccccc2c(CBr)c2ccccc12. The highest BCUT2D eigenvalue weighted by atomic mass is 79.9. The maximum Gasteiger partial charge on any atom is 0.0295 e. The lowest BCUT2D eigenvalue weighted by Crippen LogP contribution is -1.91. The molecule has 0 amide bonds. The molecule has 3 rings (SSSR count). The van der Waals surface area contributed by atoms with E-state index in [0.29, 0.717) is 0 Å². The van der Waals surface area contributed by atoms with Gasteiger partial charge in [-0.15, -0.1) is 0 Å². The van der Waals surface area contributed by atoms with Crippen molar-refractivity contribution in [3.8, 4) is 0 Å². The van der Waals surface area contributed by atoms with Gasteiger partial charge in [0.25, 0.3) is 0 Å². The first kappa shape index (κ1) is 12.2. The molecule has 3 aromatic carbocycles. The standard InChI is InChI=1S/C16H12Br2/c17-9-15-11-5-1-2-6-12(11)16(10-18)14-8-4-3-7-13(14)15/h1-8H,9-10H2. The van der Waals surface area contributed by atoms with Crippen LogP contribution < -0.4 is 0 Å². The zero-order valence-electron chi connectivity index (χ0n) is 9.79. The molecule has 3 aromatic rings. The number of halogens is 2. The Morgan fingerprint density at radius 2 is 0.833 bits per heavy atom. The Bertz CT molecular complexity index is 598. The van der Waals surface area contributed by atoms with E-state index in [0.717, 1.165) is 10.7 Å². The molecule has 0 N–H and O–H groups in total. The normalized spacial score (nSPS) is 11.2. The molecule has 0 unspecified atom stereocenters. The molecule has 0 saturated heterocycles. The monoisotopic (exact) mass is 362 g/mol. The maximum atomic E-state index is 3.63. The quantitative estimate of drug-likeness (QED) is 0.399. The lowest BCUT2D eigenvalue weighted by atomic mass is 9.93. The third kappa shape index (κ3) is 1.79. The van der Waals surface area contributed by atoms with Crippen molar-refractivity contribution >= 4 is 53.4 Å². The van der Waals surface area contributed by atoms with Crippen LogP contribution in [-0.2, 0) is 10.7 Å². The smallest absolute Gasteiger partial charge is 0.0295 e. The topological polar surface area (TPSA) is 0 Å². The fourth-order valence-electron chi connectivity index (χ4n) is 2.60. The Morgan fingerprint density at radius 3 is 1.06 bits per heavy atom. The third-order valence-corrected chi connectivity index (χ3v) is 4.54. The van der Waals surface area contributed by atoms with Gasteiger partial charge in [0.15, 0.2) is 0 Å². The van der Waals surface area contributed by atoms with E-state index in [2.05, 4.69) is 80.4 Å². The summed E-state index contributed by atoms with van der Waals surface area (Å²) in [6.45, 7) is 0. The van der Waals surface area contributed by atoms with Crippen LogP contribution in [-0.4, -0.2) is 0 Å². The van der Waals surface area contributed by atoms with Gasteiger partial charge in [0.05, 0.1) is 0 Å². The van der Waals surface area contributed by atoms with E-state index >= 15 is 0 Å². The van der Waals surface area contributed by atoms with Gasteiger partial charge in [-0.25, -0.2) is 0 Å². The summed E-state index contributed by atoms with van der Waals surface area (Å²) >= 11 is 7.27. The second-order valence-electron chi connectivity index (χ2n) is 4.32. The average molecular weight is 364 g/mol. The zero-order valence-corrected chi connectivity index (χ0v) is 13.0. The Kier molecular flexibility index (Phi) is 3.40. The first-order valence-electron chi connectivity index (χ1n) is 5.90. The predicted octanol–water partition coefficient (Wildman–Crippen LogP) is 5.78. The number of benzene rings is 3. The summed E-state index contributed by atoms with van der Waals surface area (Å²) < 4.78 is 0. The number of hydrogen-bond donors (Lipinski definition) is 0. The number of rotatable bonds is 2. The molecule has 0 heterocycles. The van der Waals surface area contributed by atoms with Gasteiger partial charge < -0.3 is 0 Å². The first-order valence-corrected chi connectivity index (χ1v) is 8.14. The molecule has 18 heavy (non-hydrogen) atoms. The summed E-state index contributed by atoms with van der Waals surface area (Å²) in [5.74, 6) is 0. The van der Waals surface area contributed by atoms with Crippen LogP contribution in [0, 0.1) is 0 Å². The molecule has 0 aliphatic carbocycles. The molecule has 0 saturated carbocycles. The molecule has 0 nitrogen and oxygen atoms in total. The summed E-state index contributed by atoms with van der Waals surface area (Å²) in [5.41, 5.74) is 2.76. The molecular weight excluding hydrogens is 352 g/mol. The lowest BCUT2D eigenvalue weighted by Gasteiger charge is -2.14. The molecule has 90 valence electrons. The Morgan fingerprint density at radius 1 is 0.556 bits per heavy atom. The summed E-state index contributed by atoms with van der Waals surface area (Å²) in [5, 5.41) is 7.17. The van der Waals surface area contributed by atoms with Crippen LogP contribution in [0.5, 0.6) is 0 Å². The molecule has 0 aliphatic heterocycles.